The molecular formula is C21H22ClFN4O. The molecule has 1 fully saturated rings. The Hall–Kier alpha value is -2.47. The molecular weight excluding hydrogens is 379 g/mol. The van der Waals surface area contributed by atoms with E-state index in [1.165, 1.54) is 31.2 Å². The summed E-state index contributed by atoms with van der Waals surface area (Å²) in [4.78, 5) is 17.3. The van der Waals surface area contributed by atoms with Crippen molar-refractivity contribution in [3.05, 3.63) is 52.6 Å². The number of benzene rings is 1. The van der Waals surface area contributed by atoms with Gasteiger partial charge in [0.05, 0.1) is 27.4 Å². The van der Waals surface area contributed by atoms with Crippen LogP contribution in [-0.2, 0) is 0 Å². The van der Waals surface area contributed by atoms with Crippen LogP contribution in [0, 0.1) is 12.7 Å². The number of aromatic nitrogens is 3. The van der Waals surface area contributed by atoms with Crippen molar-refractivity contribution in [1.29, 1.82) is 0 Å². The molecule has 0 radical (unpaired) electrons. The molecule has 0 atom stereocenters. The Morgan fingerprint density at radius 2 is 1.86 bits per heavy atom. The predicted octanol–water partition coefficient (Wildman–Crippen LogP) is 4.97. The molecule has 1 amide bonds. The largest absolute Gasteiger partial charge is 0.349 e. The van der Waals surface area contributed by atoms with Gasteiger partial charge in [-0.25, -0.2) is 14.1 Å². The summed E-state index contributed by atoms with van der Waals surface area (Å²) in [5.74, 6) is -0.513. The van der Waals surface area contributed by atoms with E-state index in [0.717, 1.165) is 25.7 Å². The van der Waals surface area contributed by atoms with Crippen molar-refractivity contribution in [2.45, 2.75) is 51.5 Å². The van der Waals surface area contributed by atoms with Gasteiger partial charge in [0.25, 0.3) is 5.91 Å². The standard InChI is InChI=1S/C21H22ClFN4O/c1-13-18-19(22)17(21(28)25-15-6-4-2-3-5-7-15)12-24-20(18)27(26-13)16-10-8-14(23)9-11-16/h8-12,15H,2-7H2,1H3,(H,25,28). The molecule has 1 N–H and O–H groups in total. The number of pyridine rings is 1. The highest BCUT2D eigenvalue weighted by molar-refractivity contribution is 6.38. The second kappa shape index (κ2) is 7.87. The van der Waals surface area contributed by atoms with Crippen molar-refractivity contribution in [2.24, 2.45) is 0 Å². The van der Waals surface area contributed by atoms with Crippen molar-refractivity contribution in [1.82, 2.24) is 20.1 Å². The zero-order valence-corrected chi connectivity index (χ0v) is 16.5. The molecule has 2 heterocycles. The normalized spacial score (nSPS) is 15.5. The van der Waals surface area contributed by atoms with Crippen LogP contribution in [0.25, 0.3) is 16.7 Å². The lowest BCUT2D eigenvalue weighted by atomic mass is 10.1. The smallest absolute Gasteiger partial charge is 0.254 e. The minimum atomic E-state index is -0.319. The Bertz CT molecular complexity index is 1010. The molecule has 28 heavy (non-hydrogen) atoms. The summed E-state index contributed by atoms with van der Waals surface area (Å²) in [6.07, 6.45) is 8.23. The van der Waals surface area contributed by atoms with Crippen LogP contribution in [0.15, 0.2) is 30.5 Å². The number of carbonyl (C=O) groups excluding carboxylic acids is 1. The van der Waals surface area contributed by atoms with E-state index >= 15 is 0 Å². The van der Waals surface area contributed by atoms with E-state index in [2.05, 4.69) is 15.4 Å². The molecule has 2 aromatic heterocycles. The SMILES string of the molecule is Cc1nn(-c2ccc(F)cc2)c2ncc(C(=O)NC3CCCCCC3)c(Cl)c12. The lowest BCUT2D eigenvalue weighted by molar-refractivity contribution is 0.0933. The molecule has 1 aliphatic carbocycles. The van der Waals surface area contributed by atoms with E-state index in [0.29, 0.717) is 33.0 Å². The monoisotopic (exact) mass is 400 g/mol. The second-order valence-corrected chi connectivity index (χ2v) is 7.70. The summed E-state index contributed by atoms with van der Waals surface area (Å²) in [6, 6.07) is 6.18. The summed E-state index contributed by atoms with van der Waals surface area (Å²) in [5, 5.41) is 8.59. The van der Waals surface area contributed by atoms with Crippen molar-refractivity contribution < 1.29 is 9.18 Å². The Morgan fingerprint density at radius 3 is 2.54 bits per heavy atom. The van der Waals surface area contributed by atoms with Gasteiger partial charge < -0.3 is 5.32 Å². The number of nitrogens with zero attached hydrogens (tertiary/aromatic N) is 3. The zero-order chi connectivity index (χ0) is 19.7. The topological polar surface area (TPSA) is 59.8 Å². The first-order valence-corrected chi connectivity index (χ1v) is 10.0. The van der Waals surface area contributed by atoms with E-state index in [4.69, 9.17) is 11.6 Å². The van der Waals surface area contributed by atoms with Gasteiger partial charge in [0.2, 0.25) is 0 Å². The Morgan fingerprint density at radius 1 is 1.18 bits per heavy atom. The molecule has 5 nitrogen and oxygen atoms in total. The average molecular weight is 401 g/mol. The Kier molecular flexibility index (Phi) is 5.31. The number of aryl methyl sites for hydroxylation is 1. The van der Waals surface area contributed by atoms with Gasteiger partial charge in [-0.1, -0.05) is 37.3 Å². The van der Waals surface area contributed by atoms with Crippen LogP contribution in [0.3, 0.4) is 0 Å². The molecule has 4 rings (SSSR count). The first-order valence-electron chi connectivity index (χ1n) is 9.65. The van der Waals surface area contributed by atoms with Gasteiger partial charge in [0.15, 0.2) is 5.65 Å². The van der Waals surface area contributed by atoms with Crippen molar-refractivity contribution in [3.63, 3.8) is 0 Å². The minimum absolute atomic E-state index is 0.185. The number of nitrogens with one attached hydrogen (secondary N) is 1. The molecule has 0 saturated heterocycles. The number of carbonyl (C=O) groups is 1. The number of halogens is 2. The van der Waals surface area contributed by atoms with Crippen molar-refractivity contribution >= 4 is 28.5 Å². The minimum Gasteiger partial charge on any atom is -0.349 e. The fourth-order valence-electron chi connectivity index (χ4n) is 3.82. The molecule has 146 valence electrons. The molecule has 0 unspecified atom stereocenters. The highest BCUT2D eigenvalue weighted by Crippen LogP contribution is 2.30. The first-order chi connectivity index (χ1) is 13.5. The maximum absolute atomic E-state index is 13.2. The van der Waals surface area contributed by atoms with Gasteiger partial charge in [0.1, 0.15) is 5.82 Å². The summed E-state index contributed by atoms with van der Waals surface area (Å²) < 4.78 is 14.8. The maximum Gasteiger partial charge on any atom is 0.254 e. The molecule has 0 spiro atoms. The summed E-state index contributed by atoms with van der Waals surface area (Å²) in [7, 11) is 0. The van der Waals surface area contributed by atoms with Crippen LogP contribution in [0.1, 0.15) is 54.6 Å². The van der Waals surface area contributed by atoms with Gasteiger partial charge in [-0.2, -0.15) is 5.10 Å². The van der Waals surface area contributed by atoms with E-state index < -0.39 is 0 Å². The lowest BCUT2D eigenvalue weighted by Crippen LogP contribution is -2.34. The Labute approximate surface area is 167 Å². The molecule has 3 aromatic rings. The fourth-order valence-corrected chi connectivity index (χ4v) is 4.17. The average Bonchev–Trinajstić information content (AvgIpc) is 2.84. The summed E-state index contributed by atoms with van der Waals surface area (Å²) in [6.45, 7) is 1.82. The van der Waals surface area contributed by atoms with E-state index in [9.17, 15) is 9.18 Å². The second-order valence-electron chi connectivity index (χ2n) is 7.32. The molecule has 1 aliphatic rings. The number of rotatable bonds is 3. The quantitative estimate of drug-likeness (QED) is 0.631. The highest BCUT2D eigenvalue weighted by Gasteiger charge is 2.22. The van der Waals surface area contributed by atoms with Gasteiger partial charge in [-0.3, -0.25) is 4.79 Å². The Balaban J connectivity index is 1.68. The van der Waals surface area contributed by atoms with Gasteiger partial charge >= 0.3 is 0 Å². The molecule has 0 aliphatic heterocycles. The first kappa shape index (κ1) is 18.9. The van der Waals surface area contributed by atoms with E-state index in [-0.39, 0.29) is 17.8 Å². The molecule has 0 bridgehead atoms. The van der Waals surface area contributed by atoms with Crippen LogP contribution < -0.4 is 5.32 Å². The number of fused-ring (bicyclic) bond motifs is 1. The van der Waals surface area contributed by atoms with Crippen LogP contribution in [0.5, 0.6) is 0 Å². The lowest BCUT2D eigenvalue weighted by Gasteiger charge is -2.16. The van der Waals surface area contributed by atoms with Crippen LogP contribution in [0.4, 0.5) is 4.39 Å². The number of hydrogen-bond donors (Lipinski definition) is 1. The molecule has 7 heteroatoms. The zero-order valence-electron chi connectivity index (χ0n) is 15.7. The number of hydrogen-bond acceptors (Lipinski definition) is 3. The van der Waals surface area contributed by atoms with Crippen molar-refractivity contribution in [2.75, 3.05) is 0 Å². The van der Waals surface area contributed by atoms with E-state index in [1.807, 2.05) is 6.92 Å². The van der Waals surface area contributed by atoms with Crippen molar-refractivity contribution in [3.8, 4) is 5.69 Å². The third kappa shape index (κ3) is 3.61. The summed E-state index contributed by atoms with van der Waals surface area (Å²) >= 11 is 6.60. The van der Waals surface area contributed by atoms with Crippen LogP contribution in [0.2, 0.25) is 5.02 Å². The third-order valence-corrected chi connectivity index (χ3v) is 5.71. The highest BCUT2D eigenvalue weighted by atomic mass is 35.5. The van der Waals surface area contributed by atoms with Crippen LogP contribution in [-0.4, -0.2) is 26.7 Å². The number of amides is 1. The van der Waals surface area contributed by atoms with E-state index in [1.54, 1.807) is 16.8 Å². The van der Waals surface area contributed by atoms with Gasteiger partial charge in [-0.05, 0) is 44.0 Å². The van der Waals surface area contributed by atoms with Gasteiger partial charge in [0, 0.05) is 12.2 Å². The fraction of sp³-hybridized carbons (Fsp3) is 0.381. The molecule has 1 saturated carbocycles. The summed E-state index contributed by atoms with van der Waals surface area (Å²) in [5.41, 5.74) is 2.25. The maximum atomic E-state index is 13.2. The molecule has 1 aromatic carbocycles. The van der Waals surface area contributed by atoms with Crippen LogP contribution >= 0.6 is 11.6 Å². The predicted molar refractivity (Wildman–Crippen MR) is 108 cm³/mol. The van der Waals surface area contributed by atoms with Gasteiger partial charge in [-0.15, -0.1) is 0 Å². The third-order valence-electron chi connectivity index (χ3n) is 5.31.